The SMILES string of the molecule is CCOC(=O)c1cnn(-c2cccc(-c3sc(Cl)cc3CO)n2)c1C(F)(F)F. The maximum Gasteiger partial charge on any atom is 0.434 e. The average molecular weight is 432 g/mol. The highest BCUT2D eigenvalue weighted by molar-refractivity contribution is 7.19. The Morgan fingerprint density at radius 2 is 2.14 bits per heavy atom. The third-order valence-electron chi connectivity index (χ3n) is 3.67. The molecule has 148 valence electrons. The fourth-order valence-electron chi connectivity index (χ4n) is 2.55. The summed E-state index contributed by atoms with van der Waals surface area (Å²) in [5.74, 6) is -1.27. The van der Waals surface area contributed by atoms with E-state index in [9.17, 15) is 23.1 Å². The van der Waals surface area contributed by atoms with Crippen molar-refractivity contribution in [1.82, 2.24) is 14.8 Å². The largest absolute Gasteiger partial charge is 0.462 e. The number of carbonyl (C=O) groups is 1. The molecule has 0 unspecified atom stereocenters. The second-order valence-electron chi connectivity index (χ2n) is 5.48. The van der Waals surface area contributed by atoms with Gasteiger partial charge in [0, 0.05) is 0 Å². The van der Waals surface area contributed by atoms with E-state index in [1.54, 1.807) is 12.1 Å². The molecule has 3 aromatic heterocycles. The van der Waals surface area contributed by atoms with Crippen molar-refractivity contribution >= 4 is 28.9 Å². The van der Waals surface area contributed by atoms with Crippen LogP contribution >= 0.6 is 22.9 Å². The van der Waals surface area contributed by atoms with E-state index in [4.69, 9.17) is 11.6 Å². The van der Waals surface area contributed by atoms with Crippen LogP contribution in [0.1, 0.15) is 28.5 Å². The van der Waals surface area contributed by atoms with Crippen LogP contribution in [0.3, 0.4) is 0 Å². The summed E-state index contributed by atoms with van der Waals surface area (Å²) in [7, 11) is 0. The Kier molecular flexibility index (Phi) is 5.73. The van der Waals surface area contributed by atoms with Gasteiger partial charge in [-0.3, -0.25) is 0 Å². The van der Waals surface area contributed by atoms with Crippen LogP contribution in [0, 0.1) is 0 Å². The number of nitrogens with zero attached hydrogens (tertiary/aromatic N) is 3. The molecule has 0 amide bonds. The standard InChI is InChI=1S/C17H13ClF3N3O3S/c1-2-27-16(26)10-7-22-24(15(10)17(19,20)21)13-5-3-4-11(23-13)14-9(8-25)6-12(18)28-14/h3-7,25H,2,8H2,1H3. The van der Waals surface area contributed by atoms with Gasteiger partial charge < -0.3 is 9.84 Å². The van der Waals surface area contributed by atoms with Crippen LogP contribution in [0.25, 0.3) is 16.4 Å². The van der Waals surface area contributed by atoms with Crippen molar-refractivity contribution in [2.24, 2.45) is 0 Å². The van der Waals surface area contributed by atoms with E-state index in [0.29, 0.717) is 25.2 Å². The Bertz CT molecular complexity index is 1020. The van der Waals surface area contributed by atoms with E-state index < -0.39 is 23.4 Å². The molecule has 0 radical (unpaired) electrons. The summed E-state index contributed by atoms with van der Waals surface area (Å²) in [5.41, 5.74) is -1.15. The minimum Gasteiger partial charge on any atom is -0.462 e. The van der Waals surface area contributed by atoms with Gasteiger partial charge in [0.05, 0.1) is 34.3 Å². The van der Waals surface area contributed by atoms with Gasteiger partial charge in [-0.2, -0.15) is 18.3 Å². The predicted molar refractivity (Wildman–Crippen MR) is 96.6 cm³/mol. The number of pyridine rings is 1. The van der Waals surface area contributed by atoms with E-state index in [2.05, 4.69) is 14.8 Å². The van der Waals surface area contributed by atoms with Crippen LogP contribution in [0.2, 0.25) is 4.34 Å². The fourth-order valence-corrected chi connectivity index (χ4v) is 3.78. The summed E-state index contributed by atoms with van der Waals surface area (Å²) in [5, 5.41) is 13.1. The first-order chi connectivity index (χ1) is 13.3. The Labute approximate surface area is 166 Å². The zero-order valence-electron chi connectivity index (χ0n) is 14.3. The maximum absolute atomic E-state index is 13.6. The highest BCUT2D eigenvalue weighted by Crippen LogP contribution is 2.36. The number of halogens is 4. The van der Waals surface area contributed by atoms with Crippen LogP contribution in [0.15, 0.2) is 30.5 Å². The lowest BCUT2D eigenvalue weighted by Crippen LogP contribution is -2.19. The summed E-state index contributed by atoms with van der Waals surface area (Å²) < 4.78 is 46.5. The molecule has 3 rings (SSSR count). The van der Waals surface area contributed by atoms with Crippen LogP contribution in [0.4, 0.5) is 13.2 Å². The molecule has 0 aliphatic carbocycles. The van der Waals surface area contributed by atoms with Crippen LogP contribution < -0.4 is 0 Å². The zero-order valence-corrected chi connectivity index (χ0v) is 15.9. The smallest absolute Gasteiger partial charge is 0.434 e. The van der Waals surface area contributed by atoms with Gasteiger partial charge in [-0.05, 0) is 30.7 Å². The average Bonchev–Trinajstić information content (AvgIpc) is 3.25. The molecular weight excluding hydrogens is 419 g/mol. The number of aliphatic hydroxyl groups excluding tert-OH is 1. The number of aromatic nitrogens is 3. The summed E-state index contributed by atoms with van der Waals surface area (Å²) in [6.07, 6.45) is -4.06. The molecule has 0 atom stereocenters. The molecular formula is C17H13ClF3N3O3S. The Morgan fingerprint density at radius 1 is 1.39 bits per heavy atom. The van der Waals surface area contributed by atoms with Crippen molar-refractivity contribution in [3.8, 4) is 16.4 Å². The van der Waals surface area contributed by atoms with Gasteiger partial charge in [-0.1, -0.05) is 17.7 Å². The molecule has 0 aromatic carbocycles. The summed E-state index contributed by atoms with van der Waals surface area (Å²) in [6.45, 7) is 1.12. The zero-order chi connectivity index (χ0) is 20.5. The van der Waals surface area contributed by atoms with E-state index in [0.717, 1.165) is 17.5 Å². The van der Waals surface area contributed by atoms with Gasteiger partial charge in [0.1, 0.15) is 5.56 Å². The highest BCUT2D eigenvalue weighted by Gasteiger charge is 2.41. The number of carbonyl (C=O) groups excluding carboxylic acids is 1. The van der Waals surface area contributed by atoms with Crippen LogP contribution in [-0.2, 0) is 17.5 Å². The number of hydrogen-bond acceptors (Lipinski definition) is 6. The lowest BCUT2D eigenvalue weighted by molar-refractivity contribution is -0.143. The molecule has 6 nitrogen and oxygen atoms in total. The van der Waals surface area contributed by atoms with Gasteiger partial charge in [-0.25, -0.2) is 14.5 Å². The van der Waals surface area contributed by atoms with Gasteiger partial charge in [-0.15, -0.1) is 11.3 Å². The molecule has 0 bridgehead atoms. The second-order valence-corrected chi connectivity index (χ2v) is 7.16. The van der Waals surface area contributed by atoms with Crippen molar-refractivity contribution in [1.29, 1.82) is 0 Å². The Balaban J connectivity index is 2.13. The minimum atomic E-state index is -4.86. The van der Waals surface area contributed by atoms with E-state index in [-0.39, 0.29) is 19.0 Å². The molecule has 3 aromatic rings. The first-order valence-electron chi connectivity index (χ1n) is 7.95. The molecule has 0 aliphatic heterocycles. The number of hydrogen-bond donors (Lipinski definition) is 1. The molecule has 0 aliphatic rings. The van der Waals surface area contributed by atoms with E-state index in [1.165, 1.54) is 19.1 Å². The minimum absolute atomic E-state index is 0.0713. The predicted octanol–water partition coefficient (Wildman–Crippen LogP) is 4.34. The maximum atomic E-state index is 13.6. The van der Waals surface area contributed by atoms with Gasteiger partial charge in [0.2, 0.25) is 0 Å². The van der Waals surface area contributed by atoms with Gasteiger partial charge in [0.15, 0.2) is 11.5 Å². The monoisotopic (exact) mass is 431 g/mol. The molecule has 0 spiro atoms. The number of aliphatic hydroxyl groups is 1. The number of alkyl halides is 3. The molecule has 11 heteroatoms. The molecule has 28 heavy (non-hydrogen) atoms. The third kappa shape index (κ3) is 3.89. The molecule has 0 saturated heterocycles. The fraction of sp³-hybridized carbons (Fsp3) is 0.235. The van der Waals surface area contributed by atoms with Crippen molar-refractivity contribution < 1.29 is 27.8 Å². The number of thiophene rings is 1. The van der Waals surface area contributed by atoms with Crippen molar-refractivity contribution in [3.63, 3.8) is 0 Å². The number of esters is 1. The molecule has 0 fully saturated rings. The summed E-state index contributed by atoms with van der Waals surface area (Å²) in [4.78, 5) is 16.6. The first kappa shape index (κ1) is 20.3. The second kappa shape index (κ2) is 7.90. The molecule has 0 saturated carbocycles. The quantitative estimate of drug-likeness (QED) is 0.608. The Hall–Kier alpha value is -2.43. The third-order valence-corrected chi connectivity index (χ3v) is 5.00. The van der Waals surface area contributed by atoms with E-state index >= 15 is 0 Å². The van der Waals surface area contributed by atoms with Crippen LogP contribution in [-0.4, -0.2) is 32.4 Å². The van der Waals surface area contributed by atoms with Crippen molar-refractivity contribution in [2.45, 2.75) is 19.7 Å². The topological polar surface area (TPSA) is 77.2 Å². The highest BCUT2D eigenvalue weighted by atomic mass is 35.5. The Morgan fingerprint density at radius 3 is 2.79 bits per heavy atom. The summed E-state index contributed by atoms with van der Waals surface area (Å²) in [6, 6.07) is 5.96. The van der Waals surface area contributed by atoms with Crippen molar-refractivity contribution in [3.05, 3.63) is 51.6 Å². The molecule has 3 heterocycles. The van der Waals surface area contributed by atoms with Crippen molar-refractivity contribution in [2.75, 3.05) is 6.61 Å². The normalized spacial score (nSPS) is 11.6. The molecule has 1 N–H and O–H groups in total. The number of ether oxygens (including phenoxy) is 1. The van der Waals surface area contributed by atoms with Gasteiger partial charge in [0.25, 0.3) is 0 Å². The first-order valence-corrected chi connectivity index (χ1v) is 9.15. The summed E-state index contributed by atoms with van der Waals surface area (Å²) >= 11 is 7.11. The number of rotatable bonds is 5. The lowest BCUT2D eigenvalue weighted by atomic mass is 10.2. The van der Waals surface area contributed by atoms with E-state index in [1.807, 2.05) is 0 Å². The lowest BCUT2D eigenvalue weighted by Gasteiger charge is -2.12. The van der Waals surface area contributed by atoms with Gasteiger partial charge >= 0.3 is 12.1 Å². The van der Waals surface area contributed by atoms with Crippen LogP contribution in [0.5, 0.6) is 0 Å².